The number of carbonyl (C=O) groups excluding carboxylic acids is 1. The zero-order valence-corrected chi connectivity index (χ0v) is 10.9. The van der Waals surface area contributed by atoms with E-state index in [0.29, 0.717) is 12.1 Å². The quantitative estimate of drug-likeness (QED) is 0.813. The summed E-state index contributed by atoms with van der Waals surface area (Å²) in [5, 5.41) is 11.8. The Kier molecular flexibility index (Phi) is 4.95. The molecule has 0 heterocycles. The van der Waals surface area contributed by atoms with Crippen LogP contribution in [0.25, 0.3) is 0 Å². The minimum absolute atomic E-state index is 0.0738. The van der Waals surface area contributed by atoms with Crippen molar-refractivity contribution in [1.82, 2.24) is 5.32 Å². The zero-order chi connectivity index (χ0) is 14.4. The third kappa shape index (κ3) is 3.75. The molecule has 1 unspecified atom stereocenters. The number of rotatable bonds is 4. The number of para-hydroxylation sites is 1. The van der Waals surface area contributed by atoms with E-state index >= 15 is 0 Å². The monoisotopic (exact) mass is 260 g/mol. The number of carboxylic acid groups (broad SMARTS) is 1. The summed E-state index contributed by atoms with van der Waals surface area (Å²) in [5.74, 6) is 1.38. The lowest BCUT2D eigenvalue weighted by Crippen LogP contribution is -2.42. The van der Waals surface area contributed by atoms with Gasteiger partial charge in [0.15, 0.2) is 0 Å². The van der Waals surface area contributed by atoms with Crippen molar-refractivity contribution in [3.05, 3.63) is 29.8 Å². The number of carboxylic acids is 1. The third-order valence-corrected chi connectivity index (χ3v) is 2.59. The van der Waals surface area contributed by atoms with E-state index < -0.39 is 12.0 Å². The van der Waals surface area contributed by atoms with Crippen LogP contribution in [0, 0.1) is 12.3 Å². The van der Waals surface area contributed by atoms with Crippen molar-refractivity contribution in [3.8, 4) is 12.3 Å². The summed E-state index contributed by atoms with van der Waals surface area (Å²) >= 11 is 0. The van der Waals surface area contributed by atoms with Crippen LogP contribution in [0.2, 0.25) is 0 Å². The third-order valence-electron chi connectivity index (χ3n) is 2.59. The molecular formula is C14H16N2O3. The number of carbonyl (C=O) groups is 2. The highest BCUT2D eigenvalue weighted by molar-refractivity contribution is 6.01. The number of amides is 2. The fraction of sp³-hybridized carbons (Fsp3) is 0.286. The van der Waals surface area contributed by atoms with Crippen LogP contribution in [0.5, 0.6) is 0 Å². The lowest BCUT2D eigenvalue weighted by atomic mass is 10.1. The minimum atomic E-state index is -1.08. The Hall–Kier alpha value is -2.48. The van der Waals surface area contributed by atoms with Crippen molar-refractivity contribution < 1.29 is 14.7 Å². The van der Waals surface area contributed by atoms with E-state index in [1.807, 2.05) is 0 Å². The Balaban J connectivity index is 2.89. The van der Waals surface area contributed by atoms with Crippen molar-refractivity contribution in [2.75, 3.05) is 11.9 Å². The first-order valence-corrected chi connectivity index (χ1v) is 5.77. The SMILES string of the molecule is C#CCC(C)NC(=O)N(C)c1ccccc1C(=O)O. The largest absolute Gasteiger partial charge is 0.478 e. The van der Waals surface area contributed by atoms with Gasteiger partial charge in [-0.3, -0.25) is 4.90 Å². The van der Waals surface area contributed by atoms with Gasteiger partial charge < -0.3 is 10.4 Å². The van der Waals surface area contributed by atoms with Crippen molar-refractivity contribution in [3.63, 3.8) is 0 Å². The summed E-state index contributed by atoms with van der Waals surface area (Å²) in [7, 11) is 1.51. The minimum Gasteiger partial charge on any atom is -0.478 e. The van der Waals surface area contributed by atoms with Crippen LogP contribution in [0.15, 0.2) is 24.3 Å². The molecule has 100 valence electrons. The fourth-order valence-corrected chi connectivity index (χ4v) is 1.59. The van der Waals surface area contributed by atoms with Crippen molar-refractivity contribution in [1.29, 1.82) is 0 Å². The molecule has 1 aromatic carbocycles. The summed E-state index contributed by atoms with van der Waals surface area (Å²) in [6.07, 6.45) is 5.58. The van der Waals surface area contributed by atoms with E-state index in [1.165, 1.54) is 18.0 Å². The van der Waals surface area contributed by atoms with Crippen LogP contribution in [-0.4, -0.2) is 30.2 Å². The van der Waals surface area contributed by atoms with Crippen LogP contribution < -0.4 is 10.2 Å². The second-order valence-corrected chi connectivity index (χ2v) is 4.14. The van der Waals surface area contributed by atoms with Gasteiger partial charge in [0, 0.05) is 19.5 Å². The van der Waals surface area contributed by atoms with Crippen LogP contribution in [-0.2, 0) is 0 Å². The number of nitrogens with one attached hydrogen (secondary N) is 1. The maximum atomic E-state index is 12.0. The summed E-state index contributed by atoms with van der Waals surface area (Å²) in [5.41, 5.74) is 0.408. The number of terminal acetylenes is 1. The molecule has 0 aliphatic carbocycles. The van der Waals surface area contributed by atoms with Gasteiger partial charge in [-0.15, -0.1) is 12.3 Å². The number of nitrogens with zero attached hydrogens (tertiary/aromatic N) is 1. The molecule has 5 nitrogen and oxygen atoms in total. The molecule has 0 aliphatic rings. The normalized spacial score (nSPS) is 11.2. The molecule has 1 rings (SSSR count). The highest BCUT2D eigenvalue weighted by Gasteiger charge is 2.18. The Morgan fingerprint density at radius 3 is 2.68 bits per heavy atom. The average Bonchev–Trinajstić information content (AvgIpc) is 2.37. The van der Waals surface area contributed by atoms with E-state index in [1.54, 1.807) is 25.1 Å². The Bertz CT molecular complexity index is 520. The van der Waals surface area contributed by atoms with Gasteiger partial charge in [-0.25, -0.2) is 9.59 Å². The van der Waals surface area contributed by atoms with Gasteiger partial charge in [-0.05, 0) is 19.1 Å². The van der Waals surface area contributed by atoms with Gasteiger partial charge in [0.2, 0.25) is 0 Å². The first kappa shape index (κ1) is 14.6. The van der Waals surface area contributed by atoms with Gasteiger partial charge in [0.25, 0.3) is 0 Å². The summed E-state index contributed by atoms with van der Waals surface area (Å²) in [6, 6.07) is 5.76. The van der Waals surface area contributed by atoms with Crippen molar-refractivity contribution >= 4 is 17.7 Å². The number of benzene rings is 1. The molecule has 2 amide bonds. The number of aromatic carboxylic acids is 1. The highest BCUT2D eigenvalue weighted by atomic mass is 16.4. The number of urea groups is 1. The number of hydrogen-bond donors (Lipinski definition) is 2. The van der Waals surface area contributed by atoms with Crippen molar-refractivity contribution in [2.24, 2.45) is 0 Å². The molecule has 1 atom stereocenters. The van der Waals surface area contributed by atoms with Crippen molar-refractivity contribution in [2.45, 2.75) is 19.4 Å². The first-order chi connectivity index (χ1) is 8.97. The van der Waals surface area contributed by atoms with E-state index in [2.05, 4.69) is 11.2 Å². The average molecular weight is 260 g/mol. The van der Waals surface area contributed by atoms with Crippen LogP contribution >= 0.6 is 0 Å². The smallest absolute Gasteiger partial charge is 0.337 e. The predicted octanol–water partition coefficient (Wildman–Crippen LogP) is 1.94. The van der Waals surface area contributed by atoms with Gasteiger partial charge in [-0.1, -0.05) is 12.1 Å². The Labute approximate surface area is 112 Å². The molecular weight excluding hydrogens is 244 g/mol. The summed E-state index contributed by atoms with van der Waals surface area (Å²) in [6.45, 7) is 1.79. The molecule has 0 aromatic heterocycles. The lowest BCUT2D eigenvalue weighted by Gasteiger charge is -2.21. The zero-order valence-electron chi connectivity index (χ0n) is 10.9. The van der Waals surface area contributed by atoms with Gasteiger partial charge in [-0.2, -0.15) is 0 Å². The lowest BCUT2D eigenvalue weighted by molar-refractivity contribution is 0.0697. The van der Waals surface area contributed by atoms with Gasteiger partial charge >= 0.3 is 12.0 Å². The first-order valence-electron chi connectivity index (χ1n) is 5.77. The van der Waals surface area contributed by atoms with E-state index in [0.717, 1.165) is 0 Å². The summed E-state index contributed by atoms with van der Waals surface area (Å²) < 4.78 is 0. The fourth-order valence-electron chi connectivity index (χ4n) is 1.59. The van der Waals surface area contributed by atoms with E-state index in [4.69, 9.17) is 11.5 Å². The standard InChI is InChI=1S/C14H16N2O3/c1-4-7-10(2)15-14(19)16(3)12-9-6-5-8-11(12)13(17)18/h1,5-6,8-10H,7H2,2-3H3,(H,15,19)(H,17,18). The topological polar surface area (TPSA) is 69.6 Å². The predicted molar refractivity (Wildman–Crippen MR) is 73.2 cm³/mol. The highest BCUT2D eigenvalue weighted by Crippen LogP contribution is 2.19. The molecule has 19 heavy (non-hydrogen) atoms. The molecule has 0 radical (unpaired) electrons. The molecule has 5 heteroatoms. The number of anilines is 1. The van der Waals surface area contributed by atoms with Crippen LogP contribution in [0.1, 0.15) is 23.7 Å². The van der Waals surface area contributed by atoms with E-state index in [9.17, 15) is 9.59 Å². The maximum absolute atomic E-state index is 12.0. The summed E-state index contributed by atoms with van der Waals surface area (Å²) in [4.78, 5) is 24.3. The van der Waals surface area contributed by atoms with Gasteiger partial charge in [0.05, 0.1) is 11.3 Å². The molecule has 2 N–H and O–H groups in total. The second-order valence-electron chi connectivity index (χ2n) is 4.14. The molecule has 0 spiro atoms. The van der Waals surface area contributed by atoms with Crippen LogP contribution in [0.4, 0.5) is 10.5 Å². The molecule has 1 aromatic rings. The Morgan fingerprint density at radius 1 is 1.47 bits per heavy atom. The van der Waals surface area contributed by atoms with Crippen LogP contribution in [0.3, 0.4) is 0 Å². The number of hydrogen-bond acceptors (Lipinski definition) is 2. The second kappa shape index (κ2) is 6.45. The molecule has 0 fully saturated rings. The Morgan fingerprint density at radius 2 is 2.11 bits per heavy atom. The van der Waals surface area contributed by atoms with E-state index in [-0.39, 0.29) is 11.6 Å². The molecule has 0 saturated heterocycles. The van der Waals surface area contributed by atoms with Gasteiger partial charge in [0.1, 0.15) is 0 Å². The molecule has 0 bridgehead atoms. The maximum Gasteiger partial charge on any atom is 0.337 e. The molecule has 0 aliphatic heterocycles. The molecule has 0 saturated carbocycles.